The first-order valence-electron chi connectivity index (χ1n) is 6.40. The SMILES string of the molecule is CC(NCCCS(C)(=O)=O)C1CCCCC1. The highest BCUT2D eigenvalue weighted by Gasteiger charge is 2.19. The summed E-state index contributed by atoms with van der Waals surface area (Å²) in [4.78, 5) is 0. The third kappa shape index (κ3) is 5.85. The van der Waals surface area contributed by atoms with Gasteiger partial charge in [-0.05, 0) is 38.6 Å². The lowest BCUT2D eigenvalue weighted by atomic mass is 9.84. The summed E-state index contributed by atoms with van der Waals surface area (Å²) in [6.07, 6.45) is 8.81. The van der Waals surface area contributed by atoms with Gasteiger partial charge in [0.1, 0.15) is 9.84 Å². The third-order valence-corrected chi connectivity index (χ3v) is 4.55. The molecule has 1 unspecified atom stereocenters. The summed E-state index contributed by atoms with van der Waals surface area (Å²) in [6, 6.07) is 0.542. The van der Waals surface area contributed by atoms with E-state index in [1.54, 1.807) is 0 Å². The van der Waals surface area contributed by atoms with Gasteiger partial charge in [-0.1, -0.05) is 19.3 Å². The molecule has 0 amide bonds. The molecule has 0 aliphatic heterocycles. The van der Waals surface area contributed by atoms with Crippen molar-refractivity contribution in [3.63, 3.8) is 0 Å². The molecule has 0 spiro atoms. The van der Waals surface area contributed by atoms with E-state index in [9.17, 15) is 8.42 Å². The van der Waals surface area contributed by atoms with Crippen LogP contribution < -0.4 is 5.32 Å². The highest BCUT2D eigenvalue weighted by molar-refractivity contribution is 7.90. The second-order valence-electron chi connectivity index (χ2n) is 5.12. The summed E-state index contributed by atoms with van der Waals surface area (Å²) in [5.74, 6) is 1.10. The van der Waals surface area contributed by atoms with Gasteiger partial charge in [0.05, 0.1) is 5.75 Å². The summed E-state index contributed by atoms with van der Waals surface area (Å²) >= 11 is 0. The van der Waals surface area contributed by atoms with Gasteiger partial charge in [-0.25, -0.2) is 8.42 Å². The number of nitrogens with one attached hydrogen (secondary N) is 1. The first-order valence-corrected chi connectivity index (χ1v) is 8.46. The van der Waals surface area contributed by atoms with Gasteiger partial charge in [0.15, 0.2) is 0 Å². The van der Waals surface area contributed by atoms with Crippen molar-refractivity contribution in [2.24, 2.45) is 5.92 Å². The highest BCUT2D eigenvalue weighted by atomic mass is 32.2. The van der Waals surface area contributed by atoms with E-state index in [1.165, 1.54) is 38.4 Å². The van der Waals surface area contributed by atoms with Crippen LogP contribution in [-0.2, 0) is 9.84 Å². The maximum Gasteiger partial charge on any atom is 0.147 e. The van der Waals surface area contributed by atoms with Crippen LogP contribution in [-0.4, -0.2) is 33.0 Å². The van der Waals surface area contributed by atoms with Gasteiger partial charge in [0.25, 0.3) is 0 Å². The molecule has 1 rings (SSSR count). The minimum absolute atomic E-state index is 0.303. The second kappa shape index (κ2) is 6.60. The lowest BCUT2D eigenvalue weighted by molar-refractivity contribution is 0.282. The van der Waals surface area contributed by atoms with Crippen LogP contribution in [0.5, 0.6) is 0 Å². The minimum Gasteiger partial charge on any atom is -0.314 e. The van der Waals surface area contributed by atoms with E-state index in [-0.39, 0.29) is 0 Å². The molecule has 1 fully saturated rings. The van der Waals surface area contributed by atoms with E-state index in [4.69, 9.17) is 0 Å². The van der Waals surface area contributed by atoms with Gasteiger partial charge >= 0.3 is 0 Å². The summed E-state index contributed by atoms with van der Waals surface area (Å²) in [6.45, 7) is 3.06. The Morgan fingerprint density at radius 3 is 2.44 bits per heavy atom. The van der Waals surface area contributed by atoms with E-state index in [0.717, 1.165) is 18.9 Å². The third-order valence-electron chi connectivity index (χ3n) is 3.52. The molecule has 3 nitrogen and oxygen atoms in total. The van der Waals surface area contributed by atoms with E-state index >= 15 is 0 Å². The van der Waals surface area contributed by atoms with Gasteiger partial charge in [0, 0.05) is 12.3 Å². The van der Waals surface area contributed by atoms with Gasteiger partial charge in [0.2, 0.25) is 0 Å². The van der Waals surface area contributed by atoms with Crippen LogP contribution in [0.3, 0.4) is 0 Å². The standard InChI is InChI=1S/C12H25NO2S/c1-11(12-7-4-3-5-8-12)13-9-6-10-16(2,14)15/h11-13H,3-10H2,1-2H3. The van der Waals surface area contributed by atoms with Crippen molar-refractivity contribution in [1.29, 1.82) is 0 Å². The maximum atomic E-state index is 10.9. The number of hydrogen-bond acceptors (Lipinski definition) is 3. The van der Waals surface area contributed by atoms with Gasteiger partial charge < -0.3 is 5.32 Å². The summed E-state index contributed by atoms with van der Waals surface area (Å²) in [7, 11) is -2.79. The molecular formula is C12H25NO2S. The van der Waals surface area contributed by atoms with E-state index < -0.39 is 9.84 Å². The Kier molecular flexibility index (Phi) is 5.76. The van der Waals surface area contributed by atoms with Crippen LogP contribution in [0, 0.1) is 5.92 Å². The van der Waals surface area contributed by atoms with Crippen molar-refractivity contribution in [2.75, 3.05) is 18.6 Å². The lowest BCUT2D eigenvalue weighted by Gasteiger charge is -2.28. The molecule has 0 aromatic carbocycles. The normalized spacial score (nSPS) is 20.9. The quantitative estimate of drug-likeness (QED) is 0.730. The summed E-state index contributed by atoms with van der Waals surface area (Å²) < 4.78 is 21.9. The molecule has 0 aromatic rings. The Morgan fingerprint density at radius 1 is 1.25 bits per heavy atom. The fourth-order valence-electron chi connectivity index (χ4n) is 2.46. The second-order valence-corrected chi connectivity index (χ2v) is 7.38. The van der Waals surface area contributed by atoms with Crippen molar-refractivity contribution in [2.45, 2.75) is 51.5 Å². The first-order chi connectivity index (χ1) is 7.49. The number of sulfone groups is 1. The average molecular weight is 247 g/mol. The molecule has 0 heterocycles. The van der Waals surface area contributed by atoms with Crippen molar-refractivity contribution >= 4 is 9.84 Å². The molecule has 1 aliphatic carbocycles. The average Bonchev–Trinajstić information content (AvgIpc) is 2.24. The molecule has 0 bridgehead atoms. The molecule has 0 saturated heterocycles. The van der Waals surface area contributed by atoms with Gasteiger partial charge in [-0.3, -0.25) is 0 Å². The molecular weight excluding hydrogens is 222 g/mol. The Bertz CT molecular complexity index is 281. The lowest BCUT2D eigenvalue weighted by Crippen LogP contribution is -2.35. The molecule has 1 N–H and O–H groups in total. The summed E-state index contributed by atoms with van der Waals surface area (Å²) in [5.41, 5.74) is 0. The number of rotatable bonds is 6. The largest absolute Gasteiger partial charge is 0.314 e. The van der Waals surface area contributed by atoms with Crippen LogP contribution in [0.1, 0.15) is 45.4 Å². The van der Waals surface area contributed by atoms with Crippen molar-refractivity contribution in [3.8, 4) is 0 Å². The van der Waals surface area contributed by atoms with E-state index in [0.29, 0.717) is 11.8 Å². The highest BCUT2D eigenvalue weighted by Crippen LogP contribution is 2.26. The Morgan fingerprint density at radius 2 is 1.88 bits per heavy atom. The van der Waals surface area contributed by atoms with Crippen molar-refractivity contribution < 1.29 is 8.42 Å². The predicted octanol–water partition coefficient (Wildman–Crippen LogP) is 1.98. The zero-order chi connectivity index (χ0) is 12.0. The van der Waals surface area contributed by atoms with Crippen LogP contribution in [0.25, 0.3) is 0 Å². The zero-order valence-corrected chi connectivity index (χ0v) is 11.4. The minimum atomic E-state index is -2.79. The maximum absolute atomic E-state index is 10.9. The molecule has 16 heavy (non-hydrogen) atoms. The molecule has 0 radical (unpaired) electrons. The summed E-state index contributed by atoms with van der Waals surface area (Å²) in [5, 5.41) is 3.46. The number of hydrogen-bond donors (Lipinski definition) is 1. The molecule has 1 aliphatic rings. The molecule has 96 valence electrons. The molecule has 0 aromatic heterocycles. The Balaban J connectivity index is 2.12. The molecule has 1 atom stereocenters. The van der Waals surface area contributed by atoms with E-state index in [2.05, 4.69) is 12.2 Å². The monoisotopic (exact) mass is 247 g/mol. The van der Waals surface area contributed by atoms with Crippen molar-refractivity contribution in [1.82, 2.24) is 5.32 Å². The van der Waals surface area contributed by atoms with Gasteiger partial charge in [-0.15, -0.1) is 0 Å². The van der Waals surface area contributed by atoms with Gasteiger partial charge in [-0.2, -0.15) is 0 Å². The van der Waals surface area contributed by atoms with Crippen LogP contribution in [0.15, 0.2) is 0 Å². The smallest absolute Gasteiger partial charge is 0.147 e. The van der Waals surface area contributed by atoms with Crippen LogP contribution >= 0.6 is 0 Å². The molecule has 4 heteroatoms. The fraction of sp³-hybridized carbons (Fsp3) is 1.00. The zero-order valence-electron chi connectivity index (χ0n) is 10.5. The topological polar surface area (TPSA) is 46.2 Å². The van der Waals surface area contributed by atoms with Crippen molar-refractivity contribution in [3.05, 3.63) is 0 Å². The Hall–Kier alpha value is -0.0900. The molecule has 1 saturated carbocycles. The van der Waals surface area contributed by atoms with E-state index in [1.807, 2.05) is 0 Å². The van der Waals surface area contributed by atoms with Crippen LogP contribution in [0.4, 0.5) is 0 Å². The Labute approximate surface area is 99.9 Å². The fourth-order valence-corrected chi connectivity index (χ4v) is 3.13. The van der Waals surface area contributed by atoms with Crippen LogP contribution in [0.2, 0.25) is 0 Å². The predicted molar refractivity (Wildman–Crippen MR) is 68.4 cm³/mol. The first kappa shape index (κ1) is 14.0.